The second-order valence-electron chi connectivity index (χ2n) is 3.64. The summed E-state index contributed by atoms with van der Waals surface area (Å²) in [6.45, 7) is 0. The Bertz CT molecular complexity index is 499. The van der Waals surface area contributed by atoms with Gasteiger partial charge in [0.05, 0.1) is 5.02 Å². The molecule has 0 aliphatic carbocycles. The third-order valence-electron chi connectivity index (χ3n) is 2.08. The van der Waals surface area contributed by atoms with Gasteiger partial charge in [-0.3, -0.25) is 5.41 Å². The molecule has 1 rings (SSSR count). The molecule has 0 fully saturated rings. The van der Waals surface area contributed by atoms with Crippen LogP contribution in [0.3, 0.4) is 0 Å². The first kappa shape index (κ1) is 16.4. The van der Waals surface area contributed by atoms with Crippen molar-refractivity contribution in [3.05, 3.63) is 28.8 Å². The van der Waals surface area contributed by atoms with E-state index in [2.05, 4.69) is 4.74 Å². The second kappa shape index (κ2) is 5.39. The van der Waals surface area contributed by atoms with Crippen molar-refractivity contribution in [3.63, 3.8) is 0 Å². The van der Waals surface area contributed by atoms with Crippen molar-refractivity contribution in [1.29, 1.82) is 5.41 Å². The van der Waals surface area contributed by atoms with Gasteiger partial charge in [0.15, 0.2) is 0 Å². The first-order valence-electron chi connectivity index (χ1n) is 4.87. The molecule has 0 spiro atoms. The molecule has 1 aromatic carbocycles. The van der Waals surface area contributed by atoms with E-state index in [0.717, 1.165) is 18.2 Å². The SMILES string of the molecule is N=C(N)c1ccc(OC(C(F)(F)F)C(F)(F)F)c(Cl)c1. The zero-order valence-corrected chi connectivity index (χ0v) is 10.2. The van der Waals surface area contributed by atoms with Gasteiger partial charge in [-0.25, -0.2) is 0 Å². The molecule has 112 valence electrons. The van der Waals surface area contributed by atoms with Crippen molar-refractivity contribution in [2.45, 2.75) is 18.5 Å². The number of hydrogen-bond acceptors (Lipinski definition) is 2. The number of nitrogens with one attached hydrogen (secondary N) is 1. The summed E-state index contributed by atoms with van der Waals surface area (Å²) in [5, 5.41) is 6.54. The first-order valence-corrected chi connectivity index (χ1v) is 5.24. The van der Waals surface area contributed by atoms with Crippen LogP contribution in [-0.4, -0.2) is 24.3 Å². The van der Waals surface area contributed by atoms with Crippen molar-refractivity contribution < 1.29 is 31.1 Å². The average molecular weight is 321 g/mol. The normalized spacial score (nSPS) is 12.6. The van der Waals surface area contributed by atoms with E-state index in [-0.39, 0.29) is 5.56 Å². The maximum Gasteiger partial charge on any atom is 0.434 e. The zero-order valence-electron chi connectivity index (χ0n) is 9.44. The van der Waals surface area contributed by atoms with E-state index in [9.17, 15) is 26.3 Å². The molecule has 0 heterocycles. The smallest absolute Gasteiger partial charge is 0.434 e. The van der Waals surface area contributed by atoms with Gasteiger partial charge in [-0.2, -0.15) is 26.3 Å². The van der Waals surface area contributed by atoms with Crippen LogP contribution in [0.15, 0.2) is 18.2 Å². The third-order valence-corrected chi connectivity index (χ3v) is 2.38. The number of hydrogen-bond donors (Lipinski definition) is 2. The first-order chi connectivity index (χ1) is 8.93. The van der Waals surface area contributed by atoms with E-state index < -0.39 is 35.1 Å². The fourth-order valence-corrected chi connectivity index (χ4v) is 1.44. The lowest BCUT2D eigenvalue weighted by molar-refractivity contribution is -0.299. The molecule has 20 heavy (non-hydrogen) atoms. The van der Waals surface area contributed by atoms with Gasteiger partial charge in [0.1, 0.15) is 11.6 Å². The standard InChI is InChI=1S/C10H7ClF6N2O/c11-5-3-4(7(18)19)1-2-6(5)20-8(9(12,13)14)10(15,16)17/h1-3,8H,(H3,18,19). The summed E-state index contributed by atoms with van der Waals surface area (Å²) >= 11 is 5.51. The molecule has 0 saturated heterocycles. The Morgan fingerprint density at radius 1 is 1.15 bits per heavy atom. The van der Waals surface area contributed by atoms with Crippen LogP contribution in [0.1, 0.15) is 5.56 Å². The number of rotatable bonds is 3. The molecule has 3 N–H and O–H groups in total. The van der Waals surface area contributed by atoms with Crippen molar-refractivity contribution in [3.8, 4) is 5.75 Å². The minimum Gasteiger partial charge on any atom is -0.470 e. The van der Waals surface area contributed by atoms with Crippen LogP contribution in [0.4, 0.5) is 26.3 Å². The summed E-state index contributed by atoms with van der Waals surface area (Å²) < 4.78 is 77.7. The zero-order chi connectivity index (χ0) is 15.7. The average Bonchev–Trinajstić information content (AvgIpc) is 2.23. The Hall–Kier alpha value is -1.64. The maximum atomic E-state index is 12.3. The molecule has 1 aromatic rings. The van der Waals surface area contributed by atoms with E-state index in [1.165, 1.54) is 0 Å². The molecule has 0 radical (unpaired) electrons. The molecule has 0 aromatic heterocycles. The van der Waals surface area contributed by atoms with Gasteiger partial charge in [-0.05, 0) is 18.2 Å². The molecule has 0 unspecified atom stereocenters. The Morgan fingerprint density at radius 3 is 2.00 bits per heavy atom. The lowest BCUT2D eigenvalue weighted by atomic mass is 10.2. The van der Waals surface area contributed by atoms with Gasteiger partial charge in [0, 0.05) is 5.56 Å². The summed E-state index contributed by atoms with van der Waals surface area (Å²) in [6.07, 6.45) is -15.3. The summed E-state index contributed by atoms with van der Waals surface area (Å²) in [5.74, 6) is -1.25. The topological polar surface area (TPSA) is 59.1 Å². The van der Waals surface area contributed by atoms with Crippen LogP contribution in [0.25, 0.3) is 0 Å². The van der Waals surface area contributed by atoms with Crippen molar-refractivity contribution in [2.24, 2.45) is 5.73 Å². The van der Waals surface area contributed by atoms with Gasteiger partial charge in [0.25, 0.3) is 6.10 Å². The van der Waals surface area contributed by atoms with Crippen molar-refractivity contribution >= 4 is 17.4 Å². The van der Waals surface area contributed by atoms with Gasteiger partial charge >= 0.3 is 12.4 Å². The number of alkyl halides is 6. The largest absolute Gasteiger partial charge is 0.470 e. The molecule has 0 amide bonds. The van der Waals surface area contributed by atoms with Gasteiger partial charge in [-0.15, -0.1) is 0 Å². The van der Waals surface area contributed by atoms with E-state index in [1.54, 1.807) is 0 Å². The summed E-state index contributed by atoms with van der Waals surface area (Å²) in [4.78, 5) is 0. The lowest BCUT2D eigenvalue weighted by Crippen LogP contribution is -2.46. The van der Waals surface area contributed by atoms with Crippen LogP contribution >= 0.6 is 11.6 Å². The number of nitrogen functional groups attached to an aromatic ring is 1. The van der Waals surface area contributed by atoms with Crippen LogP contribution in [-0.2, 0) is 0 Å². The van der Waals surface area contributed by atoms with Crippen LogP contribution in [0, 0.1) is 5.41 Å². The second-order valence-corrected chi connectivity index (χ2v) is 4.05. The van der Waals surface area contributed by atoms with Crippen molar-refractivity contribution in [1.82, 2.24) is 0 Å². The Morgan fingerprint density at radius 2 is 1.65 bits per heavy atom. The van der Waals surface area contributed by atoms with Crippen LogP contribution in [0.2, 0.25) is 5.02 Å². The quantitative estimate of drug-likeness (QED) is 0.509. The number of ether oxygens (including phenoxy) is 1. The van der Waals surface area contributed by atoms with Crippen LogP contribution < -0.4 is 10.5 Å². The highest BCUT2D eigenvalue weighted by molar-refractivity contribution is 6.32. The van der Waals surface area contributed by atoms with E-state index in [4.69, 9.17) is 22.7 Å². The molecule has 3 nitrogen and oxygen atoms in total. The van der Waals surface area contributed by atoms with E-state index >= 15 is 0 Å². The third kappa shape index (κ3) is 3.92. The molecule has 0 bridgehead atoms. The Labute approximate surface area is 113 Å². The van der Waals surface area contributed by atoms with E-state index in [1.807, 2.05) is 0 Å². The number of benzene rings is 1. The molecule has 0 aliphatic heterocycles. The summed E-state index contributed by atoms with van der Waals surface area (Å²) in [5.41, 5.74) is 5.14. The molecule has 0 aliphatic rings. The fraction of sp³-hybridized carbons (Fsp3) is 0.300. The molecular weight excluding hydrogens is 314 g/mol. The monoisotopic (exact) mass is 320 g/mol. The summed E-state index contributed by atoms with van der Waals surface area (Å²) in [6, 6.07) is 2.74. The molecule has 0 atom stereocenters. The van der Waals surface area contributed by atoms with Gasteiger partial charge in [-0.1, -0.05) is 11.6 Å². The molecular formula is C10H7ClF6N2O. The summed E-state index contributed by atoms with van der Waals surface area (Å²) in [7, 11) is 0. The van der Waals surface area contributed by atoms with Crippen molar-refractivity contribution in [2.75, 3.05) is 0 Å². The van der Waals surface area contributed by atoms with E-state index in [0.29, 0.717) is 0 Å². The predicted octanol–water partition coefficient (Wildman–Crippen LogP) is 3.50. The maximum absolute atomic E-state index is 12.3. The highest BCUT2D eigenvalue weighted by Crippen LogP contribution is 2.38. The van der Waals surface area contributed by atoms with Gasteiger partial charge < -0.3 is 10.5 Å². The van der Waals surface area contributed by atoms with Gasteiger partial charge in [0.2, 0.25) is 0 Å². The minimum atomic E-state index is -5.64. The Balaban J connectivity index is 3.10. The molecule has 0 saturated carbocycles. The highest BCUT2D eigenvalue weighted by atomic mass is 35.5. The highest BCUT2D eigenvalue weighted by Gasteiger charge is 2.59. The predicted molar refractivity (Wildman–Crippen MR) is 59.0 cm³/mol. The fourth-order valence-electron chi connectivity index (χ4n) is 1.21. The molecule has 10 heteroatoms. The minimum absolute atomic E-state index is 0.0397. The number of nitrogens with two attached hydrogens (primary N) is 1. The Kier molecular flexibility index (Phi) is 4.42. The lowest BCUT2D eigenvalue weighted by Gasteiger charge is -2.24. The number of amidine groups is 1. The van der Waals surface area contributed by atoms with Crippen LogP contribution in [0.5, 0.6) is 5.75 Å². The number of halogens is 7.